The number of rotatable bonds is 8. The number of hydrogen-bond donors (Lipinski definition) is 1. The average molecular weight is 300 g/mol. The fourth-order valence-corrected chi connectivity index (χ4v) is 1.78. The van der Waals surface area contributed by atoms with E-state index in [1.807, 2.05) is 0 Å². The number of hydrogen-bond acceptors (Lipinski definition) is 1. The molecule has 0 aromatic carbocycles. The second-order valence-electron chi connectivity index (χ2n) is 3.95. The smallest absolute Gasteiger partial charge is 0.145 e. The van der Waals surface area contributed by atoms with Gasteiger partial charge in [0.2, 0.25) is 0 Å². The van der Waals surface area contributed by atoms with Gasteiger partial charge in [0.1, 0.15) is 11.0 Å². The number of nitrogens with two attached hydrogens (primary N) is 1. The van der Waals surface area contributed by atoms with Crippen LogP contribution < -0.4 is 5.73 Å². The van der Waals surface area contributed by atoms with E-state index in [1.54, 1.807) is 0 Å². The Labute approximate surface area is 119 Å². The predicted octanol–water partition coefficient (Wildman–Crippen LogP) is 4.98. The number of aliphatic imine (C=N–C) groups is 1. The summed E-state index contributed by atoms with van der Waals surface area (Å²) < 4.78 is 0. The van der Waals surface area contributed by atoms with Gasteiger partial charge in [0, 0.05) is 0 Å². The van der Waals surface area contributed by atoms with Crippen LogP contribution in [0.2, 0.25) is 0 Å². The van der Waals surface area contributed by atoms with Crippen LogP contribution in [0.25, 0.3) is 0 Å². The Kier molecular flexibility index (Phi) is 10.1. The van der Waals surface area contributed by atoms with Crippen molar-refractivity contribution in [3.05, 3.63) is 10.2 Å². The summed E-state index contributed by atoms with van der Waals surface area (Å²) in [5, 5.41) is 0.551. The molecule has 0 aromatic rings. The summed E-state index contributed by atoms with van der Waals surface area (Å²) in [6.45, 7) is 4.20. The van der Waals surface area contributed by atoms with Crippen molar-refractivity contribution in [3.63, 3.8) is 0 Å². The topological polar surface area (TPSA) is 38.4 Å². The Morgan fingerprint density at radius 3 is 2.29 bits per heavy atom. The second kappa shape index (κ2) is 10.0. The molecule has 0 rings (SSSR count). The SMILES string of the molecule is CCCC/C(Cl)=C(Cl)\N=C(\N)C(Cl)CCCC. The summed E-state index contributed by atoms with van der Waals surface area (Å²) in [7, 11) is 0. The van der Waals surface area contributed by atoms with Crippen molar-refractivity contribution in [2.45, 2.75) is 57.7 Å². The van der Waals surface area contributed by atoms with Gasteiger partial charge in [-0.1, -0.05) is 56.3 Å². The lowest BCUT2D eigenvalue weighted by atomic mass is 10.2. The minimum Gasteiger partial charge on any atom is -0.386 e. The first-order chi connectivity index (χ1) is 8.02. The molecule has 0 heterocycles. The van der Waals surface area contributed by atoms with E-state index in [4.69, 9.17) is 40.5 Å². The molecule has 17 heavy (non-hydrogen) atoms. The van der Waals surface area contributed by atoms with Crippen molar-refractivity contribution in [2.75, 3.05) is 0 Å². The Bertz CT molecular complexity index is 275. The number of allylic oxidation sites excluding steroid dienone is 1. The Morgan fingerprint density at radius 2 is 1.76 bits per heavy atom. The molecule has 0 aromatic heterocycles. The molecule has 0 spiro atoms. The lowest BCUT2D eigenvalue weighted by Crippen LogP contribution is -2.24. The zero-order valence-corrected chi connectivity index (χ0v) is 12.7. The van der Waals surface area contributed by atoms with Crippen LogP contribution in [-0.2, 0) is 0 Å². The standard InChI is InChI=1S/C12H21Cl3N2/c1-3-5-7-9(13)11(15)17-12(16)10(14)8-6-4-2/h10H,3-8H2,1-2H3,(H2,16,17)/b11-9+. The minimum atomic E-state index is -0.264. The number of alkyl halides is 1. The number of unbranched alkanes of at least 4 members (excludes halogenated alkanes) is 2. The first-order valence-corrected chi connectivity index (χ1v) is 7.24. The van der Waals surface area contributed by atoms with Crippen molar-refractivity contribution < 1.29 is 0 Å². The van der Waals surface area contributed by atoms with Crippen molar-refractivity contribution in [1.29, 1.82) is 0 Å². The molecule has 0 aliphatic carbocycles. The van der Waals surface area contributed by atoms with Gasteiger partial charge < -0.3 is 5.73 Å². The highest BCUT2D eigenvalue weighted by Gasteiger charge is 2.10. The van der Waals surface area contributed by atoms with E-state index >= 15 is 0 Å². The van der Waals surface area contributed by atoms with Gasteiger partial charge >= 0.3 is 0 Å². The number of nitrogens with zero attached hydrogens (tertiary/aromatic N) is 1. The molecular formula is C12H21Cl3N2. The molecule has 2 N–H and O–H groups in total. The van der Waals surface area contributed by atoms with Crippen LogP contribution in [0.4, 0.5) is 0 Å². The summed E-state index contributed by atoms with van der Waals surface area (Å²) in [6.07, 6.45) is 5.70. The van der Waals surface area contributed by atoms with Gasteiger partial charge in [-0.05, 0) is 19.3 Å². The Morgan fingerprint density at radius 1 is 1.18 bits per heavy atom. The van der Waals surface area contributed by atoms with E-state index in [-0.39, 0.29) is 10.5 Å². The lowest BCUT2D eigenvalue weighted by molar-refractivity contribution is 0.743. The second-order valence-corrected chi connectivity index (χ2v) is 5.29. The van der Waals surface area contributed by atoms with Crippen LogP contribution in [0.15, 0.2) is 15.2 Å². The average Bonchev–Trinajstić information content (AvgIpc) is 2.32. The monoisotopic (exact) mass is 298 g/mol. The first-order valence-electron chi connectivity index (χ1n) is 6.05. The molecular weight excluding hydrogens is 279 g/mol. The maximum absolute atomic E-state index is 6.08. The van der Waals surface area contributed by atoms with E-state index in [1.165, 1.54) is 0 Å². The molecule has 0 radical (unpaired) electrons. The molecule has 0 amide bonds. The zero-order valence-electron chi connectivity index (χ0n) is 10.5. The maximum Gasteiger partial charge on any atom is 0.145 e. The third kappa shape index (κ3) is 7.91. The van der Waals surface area contributed by atoms with Gasteiger partial charge in [0.05, 0.1) is 10.4 Å². The van der Waals surface area contributed by atoms with Crippen LogP contribution in [0.1, 0.15) is 52.4 Å². The molecule has 0 aliphatic rings. The van der Waals surface area contributed by atoms with E-state index in [0.29, 0.717) is 10.9 Å². The molecule has 2 nitrogen and oxygen atoms in total. The summed E-state index contributed by atoms with van der Waals surface area (Å²) in [6, 6.07) is 0. The van der Waals surface area contributed by atoms with Crippen LogP contribution >= 0.6 is 34.8 Å². The van der Waals surface area contributed by atoms with Gasteiger partial charge in [0.25, 0.3) is 0 Å². The predicted molar refractivity (Wildman–Crippen MR) is 79.0 cm³/mol. The Balaban J connectivity index is 4.43. The quantitative estimate of drug-likeness (QED) is 0.292. The largest absolute Gasteiger partial charge is 0.386 e. The van der Waals surface area contributed by atoms with Gasteiger partial charge in [0.15, 0.2) is 0 Å². The van der Waals surface area contributed by atoms with E-state index in [2.05, 4.69) is 18.8 Å². The molecule has 0 aliphatic heterocycles. The molecule has 5 heteroatoms. The van der Waals surface area contributed by atoms with E-state index < -0.39 is 0 Å². The summed E-state index contributed by atoms with van der Waals surface area (Å²) in [5.41, 5.74) is 5.77. The van der Waals surface area contributed by atoms with Crippen LogP contribution in [0, 0.1) is 0 Å². The van der Waals surface area contributed by atoms with Crippen molar-refractivity contribution in [2.24, 2.45) is 10.7 Å². The molecule has 0 saturated carbocycles. The molecule has 100 valence electrons. The fourth-order valence-electron chi connectivity index (χ4n) is 1.21. The van der Waals surface area contributed by atoms with Crippen molar-refractivity contribution in [1.82, 2.24) is 0 Å². The molecule has 0 bridgehead atoms. The van der Waals surface area contributed by atoms with E-state index in [0.717, 1.165) is 38.5 Å². The molecule has 1 atom stereocenters. The van der Waals surface area contributed by atoms with Crippen LogP contribution in [0.5, 0.6) is 0 Å². The summed E-state index contributed by atoms with van der Waals surface area (Å²) in [5.74, 6) is 0.347. The Hall–Kier alpha value is 0.0800. The molecule has 0 saturated heterocycles. The van der Waals surface area contributed by atoms with Gasteiger partial charge in [-0.25, -0.2) is 4.99 Å². The summed E-state index contributed by atoms with van der Waals surface area (Å²) in [4.78, 5) is 4.06. The molecule has 0 fully saturated rings. The van der Waals surface area contributed by atoms with Crippen molar-refractivity contribution >= 4 is 40.6 Å². The zero-order chi connectivity index (χ0) is 13.3. The van der Waals surface area contributed by atoms with Crippen molar-refractivity contribution in [3.8, 4) is 0 Å². The number of halogens is 3. The number of amidine groups is 1. The lowest BCUT2D eigenvalue weighted by Gasteiger charge is -2.08. The minimum absolute atomic E-state index is 0.264. The first kappa shape index (κ1) is 17.1. The van der Waals surface area contributed by atoms with Gasteiger partial charge in [-0.2, -0.15) is 0 Å². The van der Waals surface area contributed by atoms with Crippen LogP contribution in [0.3, 0.4) is 0 Å². The fraction of sp³-hybridized carbons (Fsp3) is 0.750. The third-order valence-electron chi connectivity index (χ3n) is 2.33. The van der Waals surface area contributed by atoms with Crippen LogP contribution in [-0.4, -0.2) is 11.2 Å². The highest BCUT2D eigenvalue weighted by Crippen LogP contribution is 2.21. The highest BCUT2D eigenvalue weighted by molar-refractivity contribution is 6.40. The molecule has 1 unspecified atom stereocenters. The van der Waals surface area contributed by atoms with E-state index in [9.17, 15) is 0 Å². The summed E-state index contributed by atoms with van der Waals surface area (Å²) >= 11 is 18.0. The van der Waals surface area contributed by atoms with Gasteiger partial charge in [-0.15, -0.1) is 11.6 Å². The third-order valence-corrected chi connectivity index (χ3v) is 3.55. The normalized spacial score (nSPS) is 15.7. The van der Waals surface area contributed by atoms with Gasteiger partial charge in [-0.3, -0.25) is 0 Å². The maximum atomic E-state index is 6.08. The highest BCUT2D eigenvalue weighted by atomic mass is 35.5.